The predicted molar refractivity (Wildman–Crippen MR) is 29.2 cm³/mol. The molecule has 3 nitrogen and oxygen atoms in total. The van der Waals surface area contributed by atoms with Gasteiger partial charge in [-0.15, -0.1) is 0 Å². The molecule has 1 fully saturated rings. The van der Waals surface area contributed by atoms with Crippen LogP contribution in [0.1, 0.15) is 12.8 Å². The Kier molecular flexibility index (Phi) is 1.27. The van der Waals surface area contributed by atoms with Gasteiger partial charge in [-0.1, -0.05) is 0 Å². The Bertz CT molecular complexity index is 88.4. The Hall–Kier alpha value is -0.120. The largest absolute Gasteiger partial charge is 0.393 e. The molecule has 0 radical (unpaired) electrons. The minimum Gasteiger partial charge on any atom is -0.393 e. The second-order valence-electron chi connectivity index (χ2n) is 2.55. The lowest BCUT2D eigenvalue weighted by Gasteiger charge is -2.39. The van der Waals surface area contributed by atoms with Gasteiger partial charge in [0.15, 0.2) is 0 Å². The van der Waals surface area contributed by atoms with Crippen LogP contribution in [0.5, 0.6) is 0 Å². The average Bonchev–Trinajstić information content (AvgIpc) is 1.63. The Morgan fingerprint density at radius 2 is 2.12 bits per heavy atom. The van der Waals surface area contributed by atoms with Crippen molar-refractivity contribution in [1.29, 1.82) is 0 Å². The van der Waals surface area contributed by atoms with E-state index in [0.717, 1.165) is 0 Å². The van der Waals surface area contributed by atoms with Crippen LogP contribution in [0.4, 0.5) is 0 Å². The molecule has 0 saturated heterocycles. The molecule has 0 spiro atoms. The molecule has 0 aliphatic heterocycles. The van der Waals surface area contributed by atoms with Gasteiger partial charge in [-0.25, -0.2) is 0 Å². The molecular weight excluding hydrogens is 106 g/mol. The lowest BCUT2D eigenvalue weighted by molar-refractivity contribution is -0.0843. The van der Waals surface area contributed by atoms with Crippen molar-refractivity contribution in [2.24, 2.45) is 5.73 Å². The first-order valence-electron chi connectivity index (χ1n) is 2.75. The molecule has 4 N–H and O–H groups in total. The highest BCUT2D eigenvalue weighted by molar-refractivity contribution is 4.95. The zero-order chi connectivity index (χ0) is 6.20. The number of hydrogen-bond acceptors (Lipinski definition) is 3. The van der Waals surface area contributed by atoms with Crippen molar-refractivity contribution < 1.29 is 10.2 Å². The number of rotatable bonds is 1. The van der Waals surface area contributed by atoms with Crippen LogP contribution in [0.2, 0.25) is 0 Å². The summed E-state index contributed by atoms with van der Waals surface area (Å²) in [5.41, 5.74) is 4.52. The van der Waals surface area contributed by atoms with Crippen molar-refractivity contribution in [3.63, 3.8) is 0 Å². The van der Waals surface area contributed by atoms with Gasteiger partial charge in [-0.05, 0) is 12.8 Å². The van der Waals surface area contributed by atoms with Crippen LogP contribution >= 0.6 is 0 Å². The molecule has 0 amide bonds. The highest BCUT2D eigenvalue weighted by Crippen LogP contribution is 2.29. The van der Waals surface area contributed by atoms with Crippen LogP contribution < -0.4 is 5.73 Å². The van der Waals surface area contributed by atoms with E-state index in [4.69, 9.17) is 15.9 Å². The second-order valence-corrected chi connectivity index (χ2v) is 2.55. The smallest absolute Gasteiger partial charge is 0.0906 e. The molecule has 1 saturated carbocycles. The van der Waals surface area contributed by atoms with Crippen LogP contribution in [0.25, 0.3) is 0 Å². The molecule has 48 valence electrons. The van der Waals surface area contributed by atoms with E-state index in [1.807, 2.05) is 0 Å². The second kappa shape index (κ2) is 1.69. The summed E-state index contributed by atoms with van der Waals surface area (Å²) in [7, 11) is 0. The van der Waals surface area contributed by atoms with Gasteiger partial charge >= 0.3 is 0 Å². The monoisotopic (exact) mass is 117 g/mol. The van der Waals surface area contributed by atoms with Gasteiger partial charge in [0.2, 0.25) is 0 Å². The molecule has 1 rings (SSSR count). The first-order chi connectivity index (χ1) is 3.66. The molecule has 0 atom stereocenters. The third kappa shape index (κ3) is 0.844. The summed E-state index contributed by atoms with van der Waals surface area (Å²) in [6.07, 6.45) is 1.09. The van der Waals surface area contributed by atoms with E-state index in [1.54, 1.807) is 0 Å². The Morgan fingerprint density at radius 3 is 2.25 bits per heavy atom. The van der Waals surface area contributed by atoms with Crippen molar-refractivity contribution in [3.8, 4) is 0 Å². The molecule has 1 aliphatic carbocycles. The number of hydrogen-bond donors (Lipinski definition) is 3. The standard InChI is InChI=1S/C5H11NO2/c6-4-1-5(8,2-4)3-7/h4,7-8H,1-3,6H2/t4-,5-. The first-order valence-corrected chi connectivity index (χ1v) is 2.75. The van der Waals surface area contributed by atoms with Crippen molar-refractivity contribution in [1.82, 2.24) is 0 Å². The third-order valence-electron chi connectivity index (χ3n) is 1.58. The molecule has 3 heteroatoms. The lowest BCUT2D eigenvalue weighted by Crippen LogP contribution is -2.53. The Balaban J connectivity index is 2.30. The fourth-order valence-corrected chi connectivity index (χ4v) is 1.05. The topological polar surface area (TPSA) is 66.5 Å². The van der Waals surface area contributed by atoms with Crippen LogP contribution in [-0.4, -0.2) is 28.5 Å². The maximum absolute atomic E-state index is 9.06. The van der Waals surface area contributed by atoms with Crippen LogP contribution in [0.15, 0.2) is 0 Å². The van der Waals surface area contributed by atoms with E-state index in [0.29, 0.717) is 12.8 Å². The zero-order valence-corrected chi connectivity index (χ0v) is 4.67. The van der Waals surface area contributed by atoms with Gasteiger partial charge < -0.3 is 15.9 Å². The van der Waals surface area contributed by atoms with E-state index in [1.165, 1.54) is 0 Å². The first kappa shape index (κ1) is 6.01. The summed E-state index contributed by atoms with van der Waals surface area (Å²) in [5.74, 6) is 0. The molecule has 1 aliphatic rings. The van der Waals surface area contributed by atoms with Gasteiger partial charge in [0, 0.05) is 6.04 Å². The van der Waals surface area contributed by atoms with E-state index >= 15 is 0 Å². The van der Waals surface area contributed by atoms with Gasteiger partial charge in [0.25, 0.3) is 0 Å². The lowest BCUT2D eigenvalue weighted by atomic mass is 9.77. The van der Waals surface area contributed by atoms with Crippen molar-refractivity contribution >= 4 is 0 Å². The fourth-order valence-electron chi connectivity index (χ4n) is 1.05. The van der Waals surface area contributed by atoms with Crippen molar-refractivity contribution in [2.45, 2.75) is 24.5 Å². The van der Waals surface area contributed by atoms with E-state index in [9.17, 15) is 0 Å². The Morgan fingerprint density at radius 1 is 1.62 bits per heavy atom. The predicted octanol–water partition coefficient (Wildman–Crippen LogP) is -1.17. The fraction of sp³-hybridized carbons (Fsp3) is 1.00. The normalized spacial score (nSPS) is 46.1. The maximum atomic E-state index is 9.06. The third-order valence-corrected chi connectivity index (χ3v) is 1.58. The molecular formula is C5H11NO2. The van der Waals surface area contributed by atoms with Crippen molar-refractivity contribution in [3.05, 3.63) is 0 Å². The summed E-state index contributed by atoms with van der Waals surface area (Å²) in [5, 5.41) is 17.5. The Labute approximate surface area is 48.1 Å². The summed E-state index contributed by atoms with van der Waals surface area (Å²) < 4.78 is 0. The number of aliphatic hydroxyl groups is 2. The minimum absolute atomic E-state index is 0.104. The summed E-state index contributed by atoms with van der Waals surface area (Å²) in [4.78, 5) is 0. The average molecular weight is 117 g/mol. The van der Waals surface area contributed by atoms with E-state index < -0.39 is 5.60 Å². The van der Waals surface area contributed by atoms with Gasteiger partial charge in [0.05, 0.1) is 12.2 Å². The number of nitrogens with two attached hydrogens (primary N) is 1. The molecule has 0 bridgehead atoms. The maximum Gasteiger partial charge on any atom is 0.0906 e. The molecule has 0 aromatic heterocycles. The zero-order valence-electron chi connectivity index (χ0n) is 4.67. The molecule has 8 heavy (non-hydrogen) atoms. The summed E-state index contributed by atoms with van der Waals surface area (Å²) >= 11 is 0. The molecule has 0 unspecified atom stereocenters. The highest BCUT2D eigenvalue weighted by Gasteiger charge is 2.39. The van der Waals surface area contributed by atoms with Crippen LogP contribution in [0.3, 0.4) is 0 Å². The summed E-state index contributed by atoms with van der Waals surface area (Å²) in [6, 6.07) is 0.104. The molecule has 0 aromatic rings. The highest BCUT2D eigenvalue weighted by atomic mass is 16.3. The minimum atomic E-state index is -0.834. The SMILES string of the molecule is N[C@H]1C[C@@](O)(CO)C1. The van der Waals surface area contributed by atoms with Crippen molar-refractivity contribution in [2.75, 3.05) is 6.61 Å². The van der Waals surface area contributed by atoms with Crippen LogP contribution in [-0.2, 0) is 0 Å². The quantitative estimate of drug-likeness (QED) is 0.405. The molecule has 0 aromatic carbocycles. The summed E-state index contributed by atoms with van der Waals surface area (Å²) in [6.45, 7) is -0.152. The van der Waals surface area contributed by atoms with Crippen LogP contribution in [0, 0.1) is 0 Å². The van der Waals surface area contributed by atoms with Gasteiger partial charge in [0.1, 0.15) is 0 Å². The van der Waals surface area contributed by atoms with Gasteiger partial charge in [-0.3, -0.25) is 0 Å². The number of aliphatic hydroxyl groups excluding tert-OH is 1. The molecule has 0 heterocycles. The van der Waals surface area contributed by atoms with E-state index in [-0.39, 0.29) is 12.6 Å². The van der Waals surface area contributed by atoms with Gasteiger partial charge in [-0.2, -0.15) is 0 Å². The van der Waals surface area contributed by atoms with E-state index in [2.05, 4.69) is 0 Å².